The molecular formula is C22H20ClN5OS. The summed E-state index contributed by atoms with van der Waals surface area (Å²) in [4.78, 5) is 24.6. The first-order valence-electron chi connectivity index (χ1n) is 9.96. The summed E-state index contributed by atoms with van der Waals surface area (Å²) < 4.78 is 2.83. The molecule has 0 N–H and O–H groups in total. The van der Waals surface area contributed by atoms with Gasteiger partial charge in [0.1, 0.15) is 10.8 Å². The van der Waals surface area contributed by atoms with E-state index in [9.17, 15) is 4.79 Å². The fourth-order valence-electron chi connectivity index (χ4n) is 3.90. The second kappa shape index (κ2) is 7.81. The van der Waals surface area contributed by atoms with Gasteiger partial charge < -0.3 is 4.90 Å². The molecule has 6 nitrogen and oxygen atoms in total. The van der Waals surface area contributed by atoms with Crippen LogP contribution in [0.2, 0.25) is 5.02 Å². The monoisotopic (exact) mass is 437 g/mol. The molecule has 1 unspecified atom stereocenters. The summed E-state index contributed by atoms with van der Waals surface area (Å²) in [7, 11) is 0. The summed E-state index contributed by atoms with van der Waals surface area (Å²) in [6.45, 7) is 2.54. The lowest BCUT2D eigenvalue weighted by atomic mass is 10.0. The molecule has 1 aliphatic heterocycles. The maximum absolute atomic E-state index is 13.4. The lowest BCUT2D eigenvalue weighted by Gasteiger charge is -2.33. The Hall–Kier alpha value is -2.77. The van der Waals surface area contributed by atoms with Gasteiger partial charge in [-0.3, -0.25) is 4.79 Å². The third kappa shape index (κ3) is 3.48. The van der Waals surface area contributed by atoms with Crippen molar-refractivity contribution in [1.82, 2.24) is 24.6 Å². The molecule has 0 bridgehead atoms. The van der Waals surface area contributed by atoms with Gasteiger partial charge in [-0.15, -0.1) is 16.4 Å². The predicted octanol–water partition coefficient (Wildman–Crippen LogP) is 5.21. The van der Waals surface area contributed by atoms with Crippen molar-refractivity contribution >= 4 is 39.1 Å². The number of carbonyl (C=O) groups excluding carboxylic acids is 1. The quantitative estimate of drug-likeness (QED) is 0.441. The molecule has 2 aromatic heterocycles. The highest BCUT2D eigenvalue weighted by Gasteiger charge is 2.33. The van der Waals surface area contributed by atoms with Crippen LogP contribution in [0.25, 0.3) is 15.9 Å². The van der Waals surface area contributed by atoms with E-state index in [1.54, 1.807) is 28.2 Å². The summed E-state index contributed by atoms with van der Waals surface area (Å²) in [5.41, 5.74) is 1.81. The van der Waals surface area contributed by atoms with E-state index in [2.05, 4.69) is 16.1 Å². The summed E-state index contributed by atoms with van der Waals surface area (Å²) in [6.07, 6.45) is 2.96. The van der Waals surface area contributed by atoms with E-state index in [4.69, 9.17) is 16.6 Å². The average Bonchev–Trinajstić information content (AvgIpc) is 3.37. The van der Waals surface area contributed by atoms with Crippen LogP contribution in [-0.2, 0) is 0 Å². The Kier molecular flexibility index (Phi) is 5.00. The first-order valence-corrected chi connectivity index (χ1v) is 11.2. The van der Waals surface area contributed by atoms with Crippen molar-refractivity contribution in [3.05, 3.63) is 70.2 Å². The first-order chi connectivity index (χ1) is 14.6. The molecule has 0 spiro atoms. The van der Waals surface area contributed by atoms with E-state index < -0.39 is 0 Å². The van der Waals surface area contributed by atoms with Crippen LogP contribution in [0.3, 0.4) is 0 Å². The minimum absolute atomic E-state index is 0.0357. The number of rotatable bonds is 3. The van der Waals surface area contributed by atoms with Crippen LogP contribution < -0.4 is 0 Å². The topological polar surface area (TPSA) is 63.9 Å². The molecule has 5 rings (SSSR count). The molecule has 0 aliphatic carbocycles. The second-order valence-corrected chi connectivity index (χ2v) is 8.90. The smallest absolute Gasteiger partial charge is 0.294 e. The van der Waals surface area contributed by atoms with Gasteiger partial charge in [0.05, 0.1) is 21.9 Å². The molecule has 1 atom stereocenters. The highest BCUT2D eigenvalue weighted by Crippen LogP contribution is 2.36. The maximum Gasteiger partial charge on any atom is 0.294 e. The Balaban J connectivity index is 1.46. The highest BCUT2D eigenvalue weighted by molar-refractivity contribution is 7.18. The molecule has 1 saturated heterocycles. The van der Waals surface area contributed by atoms with Crippen LogP contribution in [0.4, 0.5) is 0 Å². The van der Waals surface area contributed by atoms with Gasteiger partial charge in [0.2, 0.25) is 5.82 Å². The van der Waals surface area contributed by atoms with Crippen LogP contribution in [0.1, 0.15) is 46.8 Å². The van der Waals surface area contributed by atoms with Gasteiger partial charge in [-0.2, -0.15) is 0 Å². The Morgan fingerprint density at radius 3 is 2.70 bits per heavy atom. The van der Waals surface area contributed by atoms with E-state index in [1.807, 2.05) is 42.2 Å². The summed E-state index contributed by atoms with van der Waals surface area (Å²) in [6, 6.07) is 15.4. The number of amides is 1. The average molecular weight is 438 g/mol. The molecule has 1 fully saturated rings. The summed E-state index contributed by atoms with van der Waals surface area (Å²) in [5.74, 6) is 0.736. The number of hydrogen-bond acceptors (Lipinski definition) is 5. The van der Waals surface area contributed by atoms with Crippen molar-refractivity contribution in [3.63, 3.8) is 0 Å². The number of hydrogen-bond donors (Lipinski definition) is 0. The van der Waals surface area contributed by atoms with E-state index >= 15 is 0 Å². The molecule has 8 heteroatoms. The molecule has 1 amide bonds. The minimum Gasteiger partial charge on any atom is -0.326 e. The standard InChI is InChI=1S/C22H20ClN5OS/c1-14-24-20(26-28(14)16-11-9-15(23)10-12-16)22(29)27-13-5-4-7-18(27)21-25-17-6-2-3-8-19(17)30-21/h2-3,6,8-12,18H,4-5,7,13H2,1H3. The number of likely N-dealkylation sites (tertiary alicyclic amines) is 1. The second-order valence-electron chi connectivity index (χ2n) is 7.40. The van der Waals surface area contributed by atoms with Gasteiger partial charge in [-0.05, 0) is 62.6 Å². The molecule has 0 radical (unpaired) electrons. The number of aromatic nitrogens is 4. The molecule has 152 valence electrons. The molecular weight excluding hydrogens is 418 g/mol. The number of fused-ring (bicyclic) bond motifs is 1. The predicted molar refractivity (Wildman–Crippen MR) is 118 cm³/mol. The third-order valence-corrected chi connectivity index (χ3v) is 6.78. The number of halogens is 1. The van der Waals surface area contributed by atoms with Gasteiger partial charge in [0, 0.05) is 11.6 Å². The number of carbonyl (C=O) groups is 1. The van der Waals surface area contributed by atoms with Gasteiger partial charge >= 0.3 is 0 Å². The number of thiazole rings is 1. The van der Waals surface area contributed by atoms with Crippen molar-refractivity contribution in [3.8, 4) is 5.69 Å². The Morgan fingerprint density at radius 1 is 1.10 bits per heavy atom. The number of piperidine rings is 1. The number of aryl methyl sites for hydroxylation is 1. The number of nitrogens with zero attached hydrogens (tertiary/aromatic N) is 5. The van der Waals surface area contributed by atoms with Gasteiger partial charge in [-0.25, -0.2) is 14.6 Å². The Labute approximate surface area is 183 Å². The molecule has 0 saturated carbocycles. The SMILES string of the molecule is Cc1nc(C(=O)N2CCCCC2c2nc3ccccc3s2)nn1-c1ccc(Cl)cc1. The lowest BCUT2D eigenvalue weighted by Crippen LogP contribution is -2.39. The zero-order valence-corrected chi connectivity index (χ0v) is 18.0. The molecule has 30 heavy (non-hydrogen) atoms. The van der Waals surface area contributed by atoms with Gasteiger partial charge in [0.25, 0.3) is 5.91 Å². The summed E-state index contributed by atoms with van der Waals surface area (Å²) >= 11 is 7.65. The largest absolute Gasteiger partial charge is 0.326 e. The van der Waals surface area contributed by atoms with Crippen molar-refractivity contribution in [2.75, 3.05) is 6.54 Å². The van der Waals surface area contributed by atoms with Crippen molar-refractivity contribution in [2.45, 2.75) is 32.2 Å². The molecule has 3 heterocycles. The van der Waals surface area contributed by atoms with Crippen molar-refractivity contribution in [2.24, 2.45) is 0 Å². The summed E-state index contributed by atoms with van der Waals surface area (Å²) in [5, 5.41) is 6.15. The fourth-order valence-corrected chi connectivity index (χ4v) is 5.14. The molecule has 1 aliphatic rings. The maximum atomic E-state index is 13.4. The van der Waals surface area contributed by atoms with Gasteiger partial charge in [-0.1, -0.05) is 23.7 Å². The number of para-hydroxylation sites is 1. The van der Waals surface area contributed by atoms with Gasteiger partial charge in [0.15, 0.2) is 0 Å². The van der Waals surface area contributed by atoms with Crippen LogP contribution in [-0.4, -0.2) is 37.1 Å². The first kappa shape index (κ1) is 19.2. The highest BCUT2D eigenvalue weighted by atomic mass is 35.5. The third-order valence-electron chi connectivity index (χ3n) is 5.39. The Morgan fingerprint density at radius 2 is 1.90 bits per heavy atom. The van der Waals surface area contributed by atoms with E-state index in [0.29, 0.717) is 17.4 Å². The van der Waals surface area contributed by atoms with E-state index in [-0.39, 0.29) is 17.8 Å². The molecule has 4 aromatic rings. The minimum atomic E-state index is -0.144. The Bertz CT molecular complexity index is 1180. The van der Waals surface area contributed by atoms with Crippen molar-refractivity contribution in [1.29, 1.82) is 0 Å². The van der Waals surface area contributed by atoms with Crippen molar-refractivity contribution < 1.29 is 4.79 Å². The zero-order chi connectivity index (χ0) is 20.7. The molecule has 2 aromatic carbocycles. The lowest BCUT2D eigenvalue weighted by molar-refractivity contribution is 0.0598. The number of benzene rings is 2. The van der Waals surface area contributed by atoms with Crippen LogP contribution in [0, 0.1) is 6.92 Å². The fraction of sp³-hybridized carbons (Fsp3) is 0.273. The van der Waals surface area contributed by atoms with E-state index in [0.717, 1.165) is 40.2 Å². The zero-order valence-electron chi connectivity index (χ0n) is 16.5. The van der Waals surface area contributed by atoms with E-state index in [1.165, 1.54) is 0 Å². The normalized spacial score (nSPS) is 16.9. The van der Waals surface area contributed by atoms with Crippen LogP contribution >= 0.6 is 22.9 Å². The van der Waals surface area contributed by atoms with Crippen LogP contribution in [0.5, 0.6) is 0 Å². The van der Waals surface area contributed by atoms with Crippen LogP contribution in [0.15, 0.2) is 48.5 Å².